The van der Waals surface area contributed by atoms with Gasteiger partial charge in [-0.05, 0) is 207 Å². The lowest BCUT2D eigenvalue weighted by atomic mass is 9.84. The largest absolute Gasteiger partial charge is 0.456 e. The van der Waals surface area contributed by atoms with E-state index in [4.69, 9.17) is 44.5 Å². The number of furan rings is 2. The molecule has 0 N–H and O–H groups in total. The fourth-order valence-electron chi connectivity index (χ4n) is 12.6. The first-order chi connectivity index (χ1) is 64.1. The van der Waals surface area contributed by atoms with Gasteiger partial charge < -0.3 is 8.83 Å². The maximum Gasteiger partial charge on any atom is 0.136 e. The minimum atomic E-state index is -1.03. The highest BCUT2D eigenvalue weighted by atomic mass is 16.3. The zero-order chi connectivity index (χ0) is 98.3. The molecule has 0 amide bonds. The molecule has 2 aromatic heterocycles. The van der Waals surface area contributed by atoms with Crippen LogP contribution in [0.1, 0.15) is 57.6 Å². The minimum absolute atomic E-state index is 0.0293. The average molecular weight is 1240 g/mol. The summed E-state index contributed by atoms with van der Waals surface area (Å²) < 4.78 is 390. The summed E-state index contributed by atoms with van der Waals surface area (Å²) in [5.41, 5.74) is -2.96. The lowest BCUT2D eigenvalue weighted by Gasteiger charge is -2.19. The average Bonchev–Trinajstić information content (AvgIpc) is 0.979. The van der Waals surface area contributed by atoms with E-state index in [9.17, 15) is 21.9 Å². The maximum atomic E-state index is 10.0. The lowest BCUT2D eigenvalue weighted by Crippen LogP contribution is -1.92. The molecule has 2 heterocycles. The first-order valence-electron chi connectivity index (χ1n) is 49.9. The molecule has 0 atom stereocenters. The van der Waals surface area contributed by atoms with Crippen LogP contribution in [0.5, 0.6) is 0 Å². The molecule has 0 saturated carbocycles. The smallest absolute Gasteiger partial charge is 0.136 e. The van der Waals surface area contributed by atoms with E-state index in [-0.39, 0.29) is 43.4 Å². The van der Waals surface area contributed by atoms with Crippen molar-refractivity contribution in [3.63, 3.8) is 0 Å². The van der Waals surface area contributed by atoms with E-state index >= 15 is 0 Å². The van der Waals surface area contributed by atoms with Gasteiger partial charge in [0.25, 0.3) is 0 Å². The summed E-state index contributed by atoms with van der Waals surface area (Å²) >= 11 is 0. The maximum absolute atomic E-state index is 10.0. The molecule has 0 saturated heterocycles. The van der Waals surface area contributed by atoms with Crippen LogP contribution in [0.2, 0.25) is 0 Å². The second-order valence-corrected chi connectivity index (χ2v) is 21.6. The second-order valence-electron chi connectivity index (χ2n) is 21.6. The van der Waals surface area contributed by atoms with Crippen LogP contribution in [0.25, 0.3) is 197 Å². The molecule has 2 nitrogen and oxygen atoms in total. The predicted molar refractivity (Wildman–Crippen MR) is 400 cm³/mol. The molecule has 18 aromatic carbocycles. The van der Waals surface area contributed by atoms with E-state index in [0.29, 0.717) is 22.3 Å². The number of rotatable bonds is 6. The van der Waals surface area contributed by atoms with Gasteiger partial charge in [-0.1, -0.05) is 284 Å². The molecule has 2 heteroatoms. The molecular formula is C92H56O2. The van der Waals surface area contributed by atoms with Gasteiger partial charge in [-0.2, -0.15) is 0 Å². The minimum Gasteiger partial charge on any atom is -0.456 e. The second kappa shape index (κ2) is 21.7. The summed E-state index contributed by atoms with van der Waals surface area (Å²) in [5, 5.41) is -3.96. The first kappa shape index (κ1) is 26.5. The Morgan fingerprint density at radius 3 is 1.37 bits per heavy atom. The Bertz CT molecular complexity index is 8960. The fourth-order valence-corrected chi connectivity index (χ4v) is 12.6. The lowest BCUT2D eigenvalue weighted by molar-refractivity contribution is 0.669. The fraction of sp³-hybridized carbons (Fsp3) is 0. The van der Waals surface area contributed by atoms with Crippen molar-refractivity contribution >= 4 is 130 Å². The van der Waals surface area contributed by atoms with Gasteiger partial charge in [-0.15, -0.1) is 0 Å². The van der Waals surface area contributed by atoms with Crippen LogP contribution in [0.3, 0.4) is 0 Å². The molecule has 0 bridgehead atoms. The summed E-state index contributed by atoms with van der Waals surface area (Å²) in [6.07, 6.45) is 0. The molecule has 20 aromatic rings. The molecule has 0 unspecified atom stereocenters. The molecule has 0 aliphatic carbocycles. The molecule has 436 valence electrons. The summed E-state index contributed by atoms with van der Waals surface area (Å²) in [5.74, 6) is 0. The number of hydrogen-bond acceptors (Lipinski definition) is 2. The van der Waals surface area contributed by atoms with E-state index in [1.807, 2.05) is 54.6 Å². The zero-order valence-corrected chi connectivity index (χ0v) is 47.9. The summed E-state index contributed by atoms with van der Waals surface area (Å²) in [6, 6.07) is -8.19. The van der Waals surface area contributed by atoms with Gasteiger partial charge in [0.2, 0.25) is 0 Å². The molecule has 0 fully saturated rings. The van der Waals surface area contributed by atoms with E-state index < -0.39 is 358 Å². The Hall–Kier alpha value is -12.4. The molecule has 0 aliphatic rings. The number of benzene rings is 18. The quantitative estimate of drug-likeness (QED) is 0.155. The topological polar surface area (TPSA) is 26.3 Å². The highest BCUT2D eigenvalue weighted by molar-refractivity contribution is 6.25. The molecular weight excluding hydrogens is 1140 g/mol. The van der Waals surface area contributed by atoms with Crippen LogP contribution in [0.4, 0.5) is 0 Å². The molecule has 0 radical (unpaired) electrons. The Kier molecular flexibility index (Phi) is 6.10. The van der Waals surface area contributed by atoms with Crippen LogP contribution < -0.4 is 0 Å². The van der Waals surface area contributed by atoms with Gasteiger partial charge in [0.1, 0.15) is 22.3 Å². The highest BCUT2D eigenvalue weighted by Crippen LogP contribution is 2.49. The van der Waals surface area contributed by atoms with Crippen LogP contribution in [0, 0.1) is 0 Å². The van der Waals surface area contributed by atoms with Gasteiger partial charge in [0, 0.05) is 21.5 Å². The van der Waals surface area contributed by atoms with E-state index in [1.54, 1.807) is 18.2 Å². The van der Waals surface area contributed by atoms with Gasteiger partial charge in [-0.3, -0.25) is 0 Å². The van der Waals surface area contributed by atoms with E-state index in [1.165, 1.54) is 0 Å². The van der Waals surface area contributed by atoms with Crippen molar-refractivity contribution in [1.82, 2.24) is 0 Å². The number of hydrogen-bond donors (Lipinski definition) is 0. The van der Waals surface area contributed by atoms with Crippen LogP contribution in [-0.4, -0.2) is 0 Å². The molecule has 0 aliphatic heterocycles. The zero-order valence-electron chi connectivity index (χ0n) is 89.9. The van der Waals surface area contributed by atoms with Gasteiger partial charge >= 0.3 is 0 Å². The SMILES string of the molecule is [2H]c1c([2H])c([2H])c2c([2H])c(-c3c4c([2H])c([2H])c([2H])c([2H])c4c(-c4cccc(-c5cccc6oc7cc8ccccc8cc7c56)c4)c4c([2H])c([2H])c([2H])c([2H])c34)c([2H])c([2H])c2c1[2H].[2H]c1cc(-c2c([2H])c([2H])c([2H])c(-c3c4c([2H])c([2H])c([2H])c([2H])c4c(-c4c([2H])c([2H])c([2H])c5c([2H])c([2H])c([2H])c([2H])c45)c4c([2H])c([2H])c([2H])c([2H])c34)c2[2H])c2c(oc3c([2H])c4c([2H])c([2H])c([2H])c([2H])c4c([2H])c32)c1[2H]. The van der Waals surface area contributed by atoms with Crippen molar-refractivity contribution in [3.8, 4) is 66.8 Å². The third-order valence-corrected chi connectivity index (χ3v) is 16.5. The summed E-state index contributed by atoms with van der Waals surface area (Å²) in [7, 11) is 0. The van der Waals surface area contributed by atoms with Crippen LogP contribution in [-0.2, 0) is 0 Å². The molecule has 0 spiro atoms. The van der Waals surface area contributed by atoms with Crippen molar-refractivity contribution in [1.29, 1.82) is 0 Å². The predicted octanol–water partition coefficient (Wildman–Crippen LogP) is 26.4. The van der Waals surface area contributed by atoms with Gasteiger partial charge in [-0.25, -0.2) is 0 Å². The Balaban J connectivity index is 0.000000177. The van der Waals surface area contributed by atoms with Crippen molar-refractivity contribution < 1.29 is 66.4 Å². The Morgan fingerprint density at radius 1 is 0.202 bits per heavy atom. The van der Waals surface area contributed by atoms with Crippen molar-refractivity contribution in [3.05, 3.63) is 339 Å². The Labute approximate surface area is 601 Å². The molecule has 94 heavy (non-hydrogen) atoms. The van der Waals surface area contributed by atoms with Crippen molar-refractivity contribution in [2.24, 2.45) is 0 Å². The summed E-state index contributed by atoms with van der Waals surface area (Å²) in [6.45, 7) is 0. The van der Waals surface area contributed by atoms with Crippen molar-refractivity contribution in [2.75, 3.05) is 0 Å². The van der Waals surface area contributed by atoms with Crippen molar-refractivity contribution in [2.45, 2.75) is 0 Å². The molecule has 20 rings (SSSR count). The third-order valence-electron chi connectivity index (χ3n) is 16.5. The van der Waals surface area contributed by atoms with Gasteiger partial charge in [0.15, 0.2) is 0 Å². The number of fused-ring (bicyclic) bond motifs is 14. The standard InChI is InChI=1S/2C46H28O/c1-2-14-31-28-43-41(27-30(31)13-1)46-35(23-11-25-42(46)47-43)32-16-9-17-33(26-32)44-37-19-5-7-21-39(37)45(40-22-8-6-20-38(40)44)36-24-10-15-29-12-3-4-18-34(29)36;1-2-12-30-25-35(24-23-29(30)11-1)45-39-19-7-5-17-37(39)44(38-18-6-8-20-40(38)45)34-16-9-15-33(26-34)36-21-10-22-42-46(36)41-27-31-13-3-4-14-32(31)28-43(41)47-42/h2*1-28H/i1D,2D,3D,4D,5D,6D,7D,8D,9D,10D,11D,12D,13D,14D,15D,16D,17D,18D,19D,20D,21D,22D,24D,25D,26D,27D,28D;1D,2D,5D,6D,7D,8D,11D,12D,17D,18D,19D,20D,23D,24D,25D. The van der Waals surface area contributed by atoms with Crippen LogP contribution >= 0.6 is 0 Å². The Morgan fingerprint density at radius 2 is 0.691 bits per heavy atom. The van der Waals surface area contributed by atoms with E-state index in [2.05, 4.69) is 6.07 Å². The normalized spacial score (nSPS) is 18.1. The monoisotopic (exact) mass is 1230 g/mol. The van der Waals surface area contributed by atoms with Gasteiger partial charge in [0.05, 0.1) is 57.6 Å². The highest BCUT2D eigenvalue weighted by Gasteiger charge is 2.22. The third kappa shape index (κ3) is 8.65. The summed E-state index contributed by atoms with van der Waals surface area (Å²) in [4.78, 5) is 0. The van der Waals surface area contributed by atoms with Crippen LogP contribution in [0.15, 0.2) is 348 Å². The first-order valence-corrected chi connectivity index (χ1v) is 28.9. The van der Waals surface area contributed by atoms with E-state index in [0.717, 1.165) is 33.2 Å².